The van der Waals surface area contributed by atoms with Crippen LogP contribution in [0.5, 0.6) is 11.5 Å². The van der Waals surface area contributed by atoms with Crippen molar-refractivity contribution in [1.29, 1.82) is 0 Å². The molecule has 0 spiro atoms. The van der Waals surface area contributed by atoms with E-state index < -0.39 is 10.0 Å². The van der Waals surface area contributed by atoms with Crippen molar-refractivity contribution < 1.29 is 27.4 Å². The van der Waals surface area contributed by atoms with Crippen molar-refractivity contribution in [1.82, 2.24) is 10.0 Å². The maximum atomic E-state index is 12.6. The summed E-state index contributed by atoms with van der Waals surface area (Å²) in [6.45, 7) is 4.85. The van der Waals surface area contributed by atoms with E-state index in [4.69, 9.17) is 14.2 Å². The average Bonchev–Trinajstić information content (AvgIpc) is 2.73. The molecular weight excluding hydrogens is 408 g/mol. The van der Waals surface area contributed by atoms with E-state index in [0.29, 0.717) is 30.3 Å². The third kappa shape index (κ3) is 5.29. The fourth-order valence-corrected chi connectivity index (χ4v) is 4.32. The van der Waals surface area contributed by atoms with Crippen LogP contribution < -0.4 is 19.5 Å². The first kappa shape index (κ1) is 22.1. The number of carbonyl (C=O) groups is 1. The molecule has 0 radical (unpaired) electrons. The first-order chi connectivity index (χ1) is 14.3. The largest absolute Gasteiger partial charge is 0.486 e. The Balaban J connectivity index is 1.66. The molecule has 0 bridgehead atoms. The normalized spacial score (nSPS) is 15.3. The molecule has 0 aromatic heterocycles. The highest BCUT2D eigenvalue weighted by molar-refractivity contribution is 7.89. The molecule has 0 saturated carbocycles. The molecule has 2 aromatic rings. The molecule has 0 fully saturated rings. The average molecular weight is 435 g/mol. The van der Waals surface area contributed by atoms with Crippen LogP contribution in [0.15, 0.2) is 47.4 Å². The van der Waals surface area contributed by atoms with E-state index in [2.05, 4.69) is 10.0 Å². The number of hydrogen-bond acceptors (Lipinski definition) is 6. The van der Waals surface area contributed by atoms with Gasteiger partial charge in [0.25, 0.3) is 5.91 Å². The van der Waals surface area contributed by atoms with E-state index in [-0.39, 0.29) is 29.5 Å². The first-order valence-corrected chi connectivity index (χ1v) is 11.1. The zero-order chi connectivity index (χ0) is 21.7. The van der Waals surface area contributed by atoms with Crippen LogP contribution >= 0.6 is 0 Å². The first-order valence-electron chi connectivity index (χ1n) is 9.62. The zero-order valence-corrected chi connectivity index (χ0v) is 18.0. The fourth-order valence-electron chi connectivity index (χ4n) is 3.09. The van der Waals surface area contributed by atoms with E-state index >= 15 is 0 Å². The second-order valence-electron chi connectivity index (χ2n) is 7.10. The van der Waals surface area contributed by atoms with Crippen LogP contribution in [-0.4, -0.2) is 47.3 Å². The predicted octanol–water partition coefficient (Wildman–Crippen LogP) is 2.26. The summed E-state index contributed by atoms with van der Waals surface area (Å²) in [4.78, 5) is 12.7. The number of carbonyl (C=O) groups excluding carboxylic acids is 1. The minimum atomic E-state index is -3.69. The lowest BCUT2D eigenvalue weighted by Gasteiger charge is -2.21. The third-order valence-electron chi connectivity index (χ3n) is 4.61. The molecule has 162 valence electrons. The molecule has 1 amide bonds. The topological polar surface area (TPSA) is 103 Å². The van der Waals surface area contributed by atoms with Crippen molar-refractivity contribution in [3.63, 3.8) is 0 Å². The molecule has 8 nitrogen and oxygen atoms in total. The summed E-state index contributed by atoms with van der Waals surface area (Å²) in [5, 5.41) is 2.91. The quantitative estimate of drug-likeness (QED) is 0.661. The van der Waals surface area contributed by atoms with E-state index in [9.17, 15) is 13.2 Å². The minimum Gasteiger partial charge on any atom is -0.486 e. The Morgan fingerprint density at radius 3 is 2.40 bits per heavy atom. The van der Waals surface area contributed by atoms with Crippen LogP contribution in [0.3, 0.4) is 0 Å². The SMILES string of the molecule is COC[C@@H](C)NS(=O)(=O)c1ccc(C(=O)N[C@H](C)c2ccc3c(c2)OCCO3)cc1. The monoisotopic (exact) mass is 434 g/mol. The van der Waals surface area contributed by atoms with Crippen molar-refractivity contribution in [2.75, 3.05) is 26.9 Å². The lowest BCUT2D eigenvalue weighted by atomic mass is 10.1. The van der Waals surface area contributed by atoms with Gasteiger partial charge in [0, 0.05) is 18.7 Å². The lowest BCUT2D eigenvalue weighted by Crippen LogP contribution is -2.35. The van der Waals surface area contributed by atoms with Gasteiger partial charge in [0.15, 0.2) is 11.5 Å². The molecule has 0 aliphatic carbocycles. The Morgan fingerprint density at radius 2 is 1.73 bits per heavy atom. The van der Waals surface area contributed by atoms with Crippen LogP contribution in [0.1, 0.15) is 35.8 Å². The molecule has 1 aliphatic heterocycles. The Bertz CT molecular complexity index is 991. The molecule has 1 heterocycles. The Hall–Kier alpha value is -2.62. The van der Waals surface area contributed by atoms with Gasteiger partial charge in [-0.2, -0.15) is 0 Å². The van der Waals surface area contributed by atoms with Gasteiger partial charge in [-0.1, -0.05) is 6.07 Å². The van der Waals surface area contributed by atoms with Gasteiger partial charge < -0.3 is 19.5 Å². The fraction of sp³-hybridized carbons (Fsp3) is 0.381. The van der Waals surface area contributed by atoms with Crippen LogP contribution in [0, 0.1) is 0 Å². The van der Waals surface area contributed by atoms with Crippen LogP contribution in [0.25, 0.3) is 0 Å². The number of ether oxygens (including phenoxy) is 3. The molecule has 3 rings (SSSR count). The summed E-state index contributed by atoms with van der Waals surface area (Å²) in [7, 11) is -2.18. The number of nitrogens with one attached hydrogen (secondary N) is 2. The second-order valence-corrected chi connectivity index (χ2v) is 8.81. The Labute approximate surface area is 176 Å². The summed E-state index contributed by atoms with van der Waals surface area (Å²) < 4.78 is 43.3. The number of benzene rings is 2. The van der Waals surface area contributed by atoms with Crippen molar-refractivity contribution in [2.45, 2.75) is 30.8 Å². The molecule has 9 heteroatoms. The van der Waals surface area contributed by atoms with Crippen molar-refractivity contribution in [3.05, 3.63) is 53.6 Å². The minimum absolute atomic E-state index is 0.0851. The van der Waals surface area contributed by atoms with Crippen LogP contribution in [0.2, 0.25) is 0 Å². The number of hydrogen-bond donors (Lipinski definition) is 2. The molecule has 0 saturated heterocycles. The van der Waals surface area contributed by atoms with Crippen molar-refractivity contribution in [3.8, 4) is 11.5 Å². The van der Waals surface area contributed by atoms with Gasteiger partial charge in [0.1, 0.15) is 13.2 Å². The molecule has 2 aromatic carbocycles. The van der Waals surface area contributed by atoms with E-state index in [0.717, 1.165) is 5.56 Å². The standard InChI is InChI=1S/C21H26N2O6S/c1-14(13-27-3)23-30(25,26)18-7-4-16(5-8-18)21(24)22-15(2)17-6-9-19-20(12-17)29-11-10-28-19/h4-9,12,14-15,23H,10-11,13H2,1-3H3,(H,22,24)/t14-,15-/m1/s1. The van der Waals surface area contributed by atoms with Crippen LogP contribution in [-0.2, 0) is 14.8 Å². The summed E-state index contributed by atoms with van der Waals surface area (Å²) in [5.41, 5.74) is 1.24. The van der Waals surface area contributed by atoms with Gasteiger partial charge >= 0.3 is 0 Å². The van der Waals surface area contributed by atoms with Gasteiger partial charge in [-0.15, -0.1) is 0 Å². The second kappa shape index (κ2) is 9.46. The number of rotatable bonds is 8. The Morgan fingerprint density at radius 1 is 1.07 bits per heavy atom. The number of fused-ring (bicyclic) bond motifs is 1. The van der Waals surface area contributed by atoms with Crippen molar-refractivity contribution >= 4 is 15.9 Å². The highest BCUT2D eigenvalue weighted by atomic mass is 32.2. The van der Waals surface area contributed by atoms with Gasteiger partial charge in [-0.05, 0) is 55.8 Å². The smallest absolute Gasteiger partial charge is 0.251 e. The third-order valence-corrected chi connectivity index (χ3v) is 6.22. The van der Waals surface area contributed by atoms with E-state index in [1.54, 1.807) is 6.92 Å². The summed E-state index contributed by atoms with van der Waals surface area (Å²) in [5.74, 6) is 1.04. The van der Waals surface area contributed by atoms with E-state index in [1.165, 1.54) is 31.4 Å². The highest BCUT2D eigenvalue weighted by Crippen LogP contribution is 2.32. The van der Waals surface area contributed by atoms with Crippen LogP contribution in [0.4, 0.5) is 0 Å². The van der Waals surface area contributed by atoms with Gasteiger partial charge in [-0.3, -0.25) is 4.79 Å². The maximum Gasteiger partial charge on any atom is 0.251 e. The highest BCUT2D eigenvalue weighted by Gasteiger charge is 2.19. The number of amides is 1. The number of methoxy groups -OCH3 is 1. The molecule has 1 aliphatic rings. The zero-order valence-electron chi connectivity index (χ0n) is 17.2. The predicted molar refractivity (Wildman–Crippen MR) is 111 cm³/mol. The molecule has 2 N–H and O–H groups in total. The molecule has 0 unspecified atom stereocenters. The maximum absolute atomic E-state index is 12.6. The van der Waals surface area contributed by atoms with Gasteiger partial charge in [0.2, 0.25) is 10.0 Å². The molecular formula is C21H26N2O6S. The lowest BCUT2D eigenvalue weighted by molar-refractivity contribution is 0.0939. The summed E-state index contributed by atoms with van der Waals surface area (Å²) in [6.07, 6.45) is 0. The molecule has 30 heavy (non-hydrogen) atoms. The Kier molecular flexibility index (Phi) is 6.96. The van der Waals surface area contributed by atoms with Crippen molar-refractivity contribution in [2.24, 2.45) is 0 Å². The molecule has 2 atom stereocenters. The number of sulfonamides is 1. The van der Waals surface area contributed by atoms with Gasteiger partial charge in [0.05, 0.1) is 17.5 Å². The summed E-state index contributed by atoms with van der Waals surface area (Å²) >= 11 is 0. The summed E-state index contributed by atoms with van der Waals surface area (Å²) in [6, 6.07) is 10.7. The van der Waals surface area contributed by atoms with Gasteiger partial charge in [-0.25, -0.2) is 13.1 Å². The van der Waals surface area contributed by atoms with E-state index in [1.807, 2.05) is 25.1 Å².